The molecule has 2 aliphatic rings. The van der Waals surface area contributed by atoms with Crippen molar-refractivity contribution in [3.8, 4) is 0 Å². The molecule has 2 rings (SSSR count). The molecule has 27 heavy (non-hydrogen) atoms. The van der Waals surface area contributed by atoms with E-state index in [9.17, 15) is 29.4 Å². The largest absolute Gasteiger partial charge is 2.00 e. The van der Waals surface area contributed by atoms with Crippen LogP contribution in [-0.4, -0.2) is 73.4 Å². The number of rotatable bonds is 4. The SMILES string of the molecule is CCC1(CC)C(=O)NC(=O)N=C1[O-].CCC1(CC)C(=O)NC(=O)N=C1[O-].[Ca+2]. The molecular weight excluding hydrogens is 384 g/mol. The molecule has 0 aliphatic carbocycles. The normalized spacial score (nSPS) is 20.1. The van der Waals surface area contributed by atoms with Gasteiger partial charge in [-0.15, -0.1) is 0 Å². The zero-order valence-electron chi connectivity index (χ0n) is 15.9. The molecule has 6 amide bonds. The first kappa shape index (κ1) is 25.5. The zero-order valence-corrected chi connectivity index (χ0v) is 18.1. The van der Waals surface area contributed by atoms with Gasteiger partial charge < -0.3 is 10.2 Å². The summed E-state index contributed by atoms with van der Waals surface area (Å²) >= 11 is 0. The van der Waals surface area contributed by atoms with Gasteiger partial charge in [-0.3, -0.25) is 20.2 Å². The fraction of sp³-hybridized carbons (Fsp3) is 0.625. The summed E-state index contributed by atoms with van der Waals surface area (Å²) in [5.74, 6) is -2.29. The van der Waals surface area contributed by atoms with Crippen LogP contribution in [0.5, 0.6) is 0 Å². The molecule has 0 bridgehead atoms. The van der Waals surface area contributed by atoms with Crippen LogP contribution in [0, 0.1) is 10.8 Å². The number of amides is 6. The van der Waals surface area contributed by atoms with Gasteiger partial charge in [0.1, 0.15) is 0 Å². The van der Waals surface area contributed by atoms with E-state index in [4.69, 9.17) is 0 Å². The molecule has 11 heteroatoms. The number of hydrogen-bond donors (Lipinski definition) is 2. The molecule has 0 fully saturated rings. The molecule has 0 unspecified atom stereocenters. The molecule has 2 N–H and O–H groups in total. The van der Waals surface area contributed by atoms with Crippen molar-refractivity contribution in [3.63, 3.8) is 0 Å². The number of aliphatic imine (C=N–C) groups is 2. The average Bonchev–Trinajstić information content (AvgIpc) is 2.56. The second kappa shape index (κ2) is 10.1. The molecule has 0 aromatic heterocycles. The van der Waals surface area contributed by atoms with Crippen molar-refractivity contribution in [3.05, 3.63) is 0 Å². The maximum Gasteiger partial charge on any atom is 2.00 e. The van der Waals surface area contributed by atoms with Crippen LogP contribution in [0.1, 0.15) is 53.4 Å². The van der Waals surface area contributed by atoms with Gasteiger partial charge in [-0.05, 0) is 37.5 Å². The summed E-state index contributed by atoms with van der Waals surface area (Å²) in [6.45, 7) is 6.91. The third kappa shape index (κ3) is 4.85. The third-order valence-corrected chi connectivity index (χ3v) is 4.95. The van der Waals surface area contributed by atoms with Crippen molar-refractivity contribution in [2.45, 2.75) is 53.4 Å². The van der Waals surface area contributed by atoms with Gasteiger partial charge in [-0.1, -0.05) is 27.7 Å². The van der Waals surface area contributed by atoms with E-state index in [1.54, 1.807) is 27.7 Å². The quantitative estimate of drug-likeness (QED) is 0.582. The van der Waals surface area contributed by atoms with Crippen molar-refractivity contribution in [1.82, 2.24) is 10.6 Å². The van der Waals surface area contributed by atoms with Gasteiger partial charge >= 0.3 is 49.8 Å². The minimum absolute atomic E-state index is 0. The van der Waals surface area contributed by atoms with E-state index in [1.807, 2.05) is 10.6 Å². The molecule has 0 aromatic rings. The van der Waals surface area contributed by atoms with Crippen LogP contribution in [0.4, 0.5) is 9.59 Å². The number of carbonyl (C=O) groups is 4. The van der Waals surface area contributed by atoms with Crippen LogP contribution in [0.2, 0.25) is 0 Å². The van der Waals surface area contributed by atoms with E-state index in [0.29, 0.717) is 25.7 Å². The summed E-state index contributed by atoms with van der Waals surface area (Å²) in [6, 6.07) is -1.71. The van der Waals surface area contributed by atoms with Gasteiger partial charge in [0.15, 0.2) is 0 Å². The Labute approximate surface area is 186 Å². The molecule has 10 nitrogen and oxygen atoms in total. The minimum Gasteiger partial charge on any atom is -0.861 e. The predicted molar refractivity (Wildman–Crippen MR) is 93.7 cm³/mol. The number of hydrogen-bond acceptors (Lipinski definition) is 6. The summed E-state index contributed by atoms with van der Waals surface area (Å²) in [5.41, 5.74) is -2.23. The Kier molecular flexibility index (Phi) is 9.57. The van der Waals surface area contributed by atoms with Gasteiger partial charge in [0.05, 0.1) is 10.8 Å². The van der Waals surface area contributed by atoms with E-state index in [0.717, 1.165) is 0 Å². The predicted octanol–water partition coefficient (Wildman–Crippen LogP) is -0.778. The Balaban J connectivity index is 0.000000483. The standard InChI is InChI=1S/2C8H12N2O3.Ca/c2*1-3-8(4-2)5(11)9-7(13)10-6(8)12;/h2*3-4H2,1-2H3,(H2,9,10,11,12,13);/q;;+2/p-2. The first-order chi connectivity index (χ1) is 12.1. The van der Waals surface area contributed by atoms with E-state index in [-0.39, 0.29) is 37.7 Å². The van der Waals surface area contributed by atoms with Crippen molar-refractivity contribution in [2.24, 2.45) is 20.8 Å². The average molecular weight is 406 g/mol. The van der Waals surface area contributed by atoms with Gasteiger partial charge in [0, 0.05) is 0 Å². The molecule has 0 saturated carbocycles. The Morgan fingerprint density at radius 1 is 0.704 bits per heavy atom. The fourth-order valence-electron chi connectivity index (χ4n) is 2.83. The van der Waals surface area contributed by atoms with E-state index in [1.165, 1.54) is 0 Å². The van der Waals surface area contributed by atoms with Crippen LogP contribution in [0.15, 0.2) is 9.98 Å². The molecule has 2 heterocycles. The topological polar surface area (TPSA) is 163 Å². The number of urea groups is 2. The van der Waals surface area contributed by atoms with Gasteiger partial charge in [0.2, 0.25) is 11.8 Å². The molecule has 0 atom stereocenters. The van der Waals surface area contributed by atoms with Crippen molar-refractivity contribution < 1.29 is 29.4 Å². The smallest absolute Gasteiger partial charge is 0.861 e. The number of carbonyl (C=O) groups excluding carboxylic acids is 4. The summed E-state index contributed by atoms with van der Waals surface area (Å²) in [6.07, 6.45) is 1.46. The summed E-state index contributed by atoms with van der Waals surface area (Å²) < 4.78 is 0. The van der Waals surface area contributed by atoms with Crippen molar-refractivity contribution in [2.75, 3.05) is 0 Å². The summed E-state index contributed by atoms with van der Waals surface area (Å²) in [4.78, 5) is 50.6. The molecule has 0 aromatic carbocycles. The Bertz CT molecular complexity index is 622. The Morgan fingerprint density at radius 3 is 1.15 bits per heavy atom. The molecule has 0 radical (unpaired) electrons. The molecule has 2 aliphatic heterocycles. The minimum atomic E-state index is -1.12. The van der Waals surface area contributed by atoms with Gasteiger partial charge in [-0.25, -0.2) is 19.6 Å². The Hall–Kier alpha value is -1.52. The first-order valence-electron chi connectivity index (χ1n) is 8.36. The summed E-state index contributed by atoms with van der Waals surface area (Å²) in [7, 11) is 0. The molecular formula is C16H22CaN4O6. The maximum absolute atomic E-state index is 11.4. The second-order valence-electron chi connectivity index (χ2n) is 5.93. The zero-order chi connectivity index (χ0) is 20.1. The van der Waals surface area contributed by atoms with Crippen LogP contribution < -0.4 is 20.8 Å². The number of nitrogens with one attached hydrogen (secondary N) is 2. The first-order valence-corrected chi connectivity index (χ1v) is 8.36. The third-order valence-electron chi connectivity index (χ3n) is 4.95. The van der Waals surface area contributed by atoms with Crippen LogP contribution in [0.25, 0.3) is 0 Å². The second-order valence-corrected chi connectivity index (χ2v) is 5.93. The van der Waals surface area contributed by atoms with E-state index in [2.05, 4.69) is 9.98 Å². The number of imide groups is 2. The van der Waals surface area contributed by atoms with Crippen molar-refractivity contribution >= 4 is 73.4 Å². The van der Waals surface area contributed by atoms with Crippen LogP contribution in [0.3, 0.4) is 0 Å². The fourth-order valence-corrected chi connectivity index (χ4v) is 2.83. The van der Waals surface area contributed by atoms with E-state index < -0.39 is 46.5 Å². The Morgan fingerprint density at radius 2 is 0.963 bits per heavy atom. The summed E-state index contributed by atoms with van der Waals surface area (Å²) in [5, 5.41) is 26.8. The van der Waals surface area contributed by atoms with E-state index >= 15 is 0 Å². The van der Waals surface area contributed by atoms with Crippen LogP contribution in [-0.2, 0) is 9.59 Å². The number of nitrogens with zero attached hydrogens (tertiary/aromatic N) is 2. The maximum atomic E-state index is 11.4. The van der Waals surface area contributed by atoms with Gasteiger partial charge in [-0.2, -0.15) is 0 Å². The van der Waals surface area contributed by atoms with Crippen molar-refractivity contribution in [1.29, 1.82) is 0 Å². The van der Waals surface area contributed by atoms with Crippen LogP contribution >= 0.6 is 0 Å². The van der Waals surface area contributed by atoms with Gasteiger partial charge in [0.25, 0.3) is 0 Å². The molecule has 144 valence electrons. The molecule has 0 spiro atoms. The monoisotopic (exact) mass is 406 g/mol. The molecule has 0 saturated heterocycles.